The van der Waals surface area contributed by atoms with Gasteiger partial charge in [-0.1, -0.05) is 154 Å². The molecular formula is C46H89NO8P+. The molecule has 0 aliphatic heterocycles. The van der Waals surface area contributed by atoms with Gasteiger partial charge in [0, 0.05) is 12.8 Å². The van der Waals surface area contributed by atoms with Gasteiger partial charge in [-0.15, -0.1) is 0 Å². The molecule has 1 unspecified atom stereocenters. The molecule has 0 heterocycles. The second-order valence-electron chi connectivity index (χ2n) is 16.8. The number of phosphoric ester groups is 1. The SMILES string of the molecule is CCCCCC/C=C/CCCCCCCCCCCC(=O)O[C@H](COC(=O)CCCCC/C=C/CCCCCCCCCC)COP(=O)(O)OCC[N+](C)(C)C. The van der Waals surface area contributed by atoms with Gasteiger partial charge in [0.05, 0.1) is 27.7 Å². The zero-order valence-electron chi connectivity index (χ0n) is 37.1. The van der Waals surface area contributed by atoms with E-state index in [4.69, 9.17) is 18.5 Å². The van der Waals surface area contributed by atoms with Crippen LogP contribution in [0.3, 0.4) is 0 Å². The van der Waals surface area contributed by atoms with E-state index < -0.39 is 26.5 Å². The van der Waals surface area contributed by atoms with Crippen LogP contribution in [0.5, 0.6) is 0 Å². The van der Waals surface area contributed by atoms with Crippen molar-refractivity contribution in [2.24, 2.45) is 0 Å². The van der Waals surface area contributed by atoms with E-state index in [1.54, 1.807) is 0 Å². The molecule has 0 amide bonds. The van der Waals surface area contributed by atoms with Crippen LogP contribution in [0.25, 0.3) is 0 Å². The maximum Gasteiger partial charge on any atom is 0.472 e. The predicted octanol–water partition coefficient (Wildman–Crippen LogP) is 13.1. The van der Waals surface area contributed by atoms with Gasteiger partial charge in [-0.3, -0.25) is 18.6 Å². The summed E-state index contributed by atoms with van der Waals surface area (Å²) in [6.45, 7) is 4.41. The van der Waals surface area contributed by atoms with Gasteiger partial charge in [-0.05, 0) is 64.2 Å². The van der Waals surface area contributed by atoms with Crippen LogP contribution in [-0.4, -0.2) is 74.9 Å². The van der Waals surface area contributed by atoms with Crippen molar-refractivity contribution < 1.29 is 42.1 Å². The molecule has 2 atom stereocenters. The van der Waals surface area contributed by atoms with E-state index in [2.05, 4.69) is 38.2 Å². The van der Waals surface area contributed by atoms with E-state index in [0.717, 1.165) is 44.9 Å². The van der Waals surface area contributed by atoms with E-state index in [9.17, 15) is 19.0 Å². The van der Waals surface area contributed by atoms with E-state index in [0.29, 0.717) is 23.9 Å². The predicted molar refractivity (Wildman–Crippen MR) is 234 cm³/mol. The van der Waals surface area contributed by atoms with Crippen molar-refractivity contribution in [3.8, 4) is 0 Å². The van der Waals surface area contributed by atoms with Gasteiger partial charge in [0.2, 0.25) is 0 Å². The summed E-state index contributed by atoms with van der Waals surface area (Å²) < 4.78 is 34.3. The number of hydrogen-bond acceptors (Lipinski definition) is 7. The summed E-state index contributed by atoms with van der Waals surface area (Å²) in [6, 6.07) is 0. The summed E-state index contributed by atoms with van der Waals surface area (Å²) in [7, 11) is 1.47. The number of nitrogens with zero attached hydrogens (tertiary/aromatic N) is 1. The molecule has 9 nitrogen and oxygen atoms in total. The number of carbonyl (C=O) groups is 2. The molecular weight excluding hydrogens is 725 g/mol. The minimum absolute atomic E-state index is 0.0304. The van der Waals surface area contributed by atoms with Crippen LogP contribution in [-0.2, 0) is 32.7 Å². The molecule has 0 aromatic carbocycles. The third kappa shape index (κ3) is 42.1. The van der Waals surface area contributed by atoms with E-state index >= 15 is 0 Å². The molecule has 0 saturated carbocycles. The largest absolute Gasteiger partial charge is 0.472 e. The number of esters is 2. The van der Waals surface area contributed by atoms with Gasteiger partial charge < -0.3 is 18.9 Å². The highest BCUT2D eigenvalue weighted by molar-refractivity contribution is 7.47. The number of likely N-dealkylation sites (N-methyl/N-ethyl adjacent to an activating group) is 1. The number of phosphoric acid groups is 1. The van der Waals surface area contributed by atoms with Crippen LogP contribution in [0.2, 0.25) is 0 Å². The van der Waals surface area contributed by atoms with Gasteiger partial charge in [-0.25, -0.2) is 4.57 Å². The maximum atomic E-state index is 12.7. The standard InChI is InChI=1S/C46H88NO8P/c1-6-8-10-12-14-16-18-20-22-23-25-27-29-31-33-35-37-39-46(49)55-44(43-54-56(50,51)53-41-40-47(3,4)5)42-52-45(48)38-36-34-32-30-28-26-24-21-19-17-15-13-11-9-7-2/h16,18,26,28,44H,6-15,17,19-25,27,29-43H2,1-5H3/p+1/b18-16+,28-26+/t44-/m1/s1. The molecule has 0 fully saturated rings. The molecule has 0 aliphatic rings. The van der Waals surface area contributed by atoms with Gasteiger partial charge in [0.15, 0.2) is 6.10 Å². The van der Waals surface area contributed by atoms with Crippen molar-refractivity contribution in [1.82, 2.24) is 0 Å². The number of ether oxygens (including phenoxy) is 2. The van der Waals surface area contributed by atoms with Crippen molar-refractivity contribution in [2.75, 3.05) is 47.5 Å². The van der Waals surface area contributed by atoms with Crippen LogP contribution in [0, 0.1) is 0 Å². The number of unbranched alkanes of at least 4 members (excludes halogenated alkanes) is 24. The number of allylic oxidation sites excluding steroid dienone is 4. The normalized spacial score (nSPS) is 13.8. The Morgan fingerprint density at radius 1 is 0.536 bits per heavy atom. The number of hydrogen-bond donors (Lipinski definition) is 1. The monoisotopic (exact) mass is 815 g/mol. The number of carbonyl (C=O) groups excluding carboxylic acids is 2. The molecule has 0 saturated heterocycles. The first-order valence-electron chi connectivity index (χ1n) is 23.1. The molecule has 330 valence electrons. The number of rotatable bonds is 42. The molecule has 0 spiro atoms. The highest BCUT2D eigenvalue weighted by Crippen LogP contribution is 2.43. The smallest absolute Gasteiger partial charge is 0.462 e. The minimum atomic E-state index is -4.38. The Balaban J connectivity index is 4.34. The van der Waals surface area contributed by atoms with Crippen molar-refractivity contribution in [2.45, 2.75) is 213 Å². The van der Waals surface area contributed by atoms with E-state index in [1.807, 2.05) is 21.1 Å². The van der Waals surface area contributed by atoms with Crippen LogP contribution in [0.4, 0.5) is 0 Å². The Labute approximate surface area is 345 Å². The Bertz CT molecular complexity index is 1010. The van der Waals surface area contributed by atoms with Crippen LogP contribution < -0.4 is 0 Å². The summed E-state index contributed by atoms with van der Waals surface area (Å²) >= 11 is 0. The van der Waals surface area contributed by atoms with Crippen molar-refractivity contribution in [1.29, 1.82) is 0 Å². The molecule has 0 rings (SSSR count). The Kier molecular flexibility index (Phi) is 37.9. The average Bonchev–Trinajstić information content (AvgIpc) is 3.15. The molecule has 10 heteroatoms. The first-order chi connectivity index (χ1) is 27.0. The van der Waals surface area contributed by atoms with Gasteiger partial charge in [0.25, 0.3) is 0 Å². The van der Waals surface area contributed by atoms with E-state index in [1.165, 1.54) is 122 Å². The Morgan fingerprint density at radius 2 is 0.911 bits per heavy atom. The maximum absolute atomic E-state index is 12.7. The fraction of sp³-hybridized carbons (Fsp3) is 0.870. The Morgan fingerprint density at radius 3 is 1.36 bits per heavy atom. The summed E-state index contributed by atoms with van der Waals surface area (Å²) in [5.74, 6) is -0.813. The topological polar surface area (TPSA) is 108 Å². The molecule has 0 aliphatic carbocycles. The van der Waals surface area contributed by atoms with Crippen LogP contribution in [0.1, 0.15) is 206 Å². The lowest BCUT2D eigenvalue weighted by atomic mass is 10.1. The summed E-state index contributed by atoms with van der Waals surface area (Å²) in [4.78, 5) is 35.4. The van der Waals surface area contributed by atoms with Gasteiger partial charge >= 0.3 is 19.8 Å². The first kappa shape index (κ1) is 54.5. The third-order valence-electron chi connectivity index (χ3n) is 9.95. The summed E-state index contributed by atoms with van der Waals surface area (Å²) in [5, 5.41) is 0. The van der Waals surface area contributed by atoms with Crippen molar-refractivity contribution in [3.63, 3.8) is 0 Å². The van der Waals surface area contributed by atoms with Gasteiger partial charge in [0.1, 0.15) is 19.8 Å². The fourth-order valence-corrected chi connectivity index (χ4v) is 7.04. The molecule has 0 aromatic rings. The van der Waals surface area contributed by atoms with Crippen LogP contribution in [0.15, 0.2) is 24.3 Å². The summed E-state index contributed by atoms with van der Waals surface area (Å²) in [6.07, 6.45) is 42.2. The van der Waals surface area contributed by atoms with E-state index in [-0.39, 0.29) is 32.0 Å². The van der Waals surface area contributed by atoms with Crippen LogP contribution >= 0.6 is 7.82 Å². The Hall–Kier alpha value is -1.51. The zero-order valence-corrected chi connectivity index (χ0v) is 38.0. The fourth-order valence-electron chi connectivity index (χ4n) is 6.30. The molecule has 0 aromatic heterocycles. The minimum Gasteiger partial charge on any atom is -0.462 e. The molecule has 0 radical (unpaired) electrons. The quantitative estimate of drug-likeness (QED) is 0.0213. The second-order valence-corrected chi connectivity index (χ2v) is 18.2. The molecule has 1 N–H and O–H groups in total. The third-order valence-corrected chi connectivity index (χ3v) is 10.9. The van der Waals surface area contributed by atoms with Crippen molar-refractivity contribution in [3.05, 3.63) is 24.3 Å². The lowest BCUT2D eigenvalue weighted by Gasteiger charge is -2.24. The second kappa shape index (κ2) is 39.0. The average molecular weight is 815 g/mol. The highest BCUT2D eigenvalue weighted by Gasteiger charge is 2.27. The molecule has 56 heavy (non-hydrogen) atoms. The first-order valence-corrected chi connectivity index (χ1v) is 24.6. The van der Waals surface area contributed by atoms with Crippen molar-refractivity contribution >= 4 is 19.8 Å². The zero-order chi connectivity index (χ0) is 41.4. The van der Waals surface area contributed by atoms with Gasteiger partial charge in [-0.2, -0.15) is 0 Å². The number of quaternary nitrogens is 1. The molecule has 0 bridgehead atoms. The lowest BCUT2D eigenvalue weighted by molar-refractivity contribution is -0.870. The lowest BCUT2D eigenvalue weighted by Crippen LogP contribution is -2.37. The summed E-state index contributed by atoms with van der Waals surface area (Å²) in [5.41, 5.74) is 0. The highest BCUT2D eigenvalue weighted by atomic mass is 31.2.